The number of fused-ring (bicyclic) bond motifs is 1. The summed E-state index contributed by atoms with van der Waals surface area (Å²) in [5, 5.41) is 8.66. The van der Waals surface area contributed by atoms with Gasteiger partial charge in [-0.1, -0.05) is 42.5 Å². The van der Waals surface area contributed by atoms with Gasteiger partial charge in [0.1, 0.15) is 0 Å². The van der Waals surface area contributed by atoms with Crippen molar-refractivity contribution in [2.75, 3.05) is 20.2 Å². The summed E-state index contributed by atoms with van der Waals surface area (Å²) in [5.74, 6) is 0.949. The van der Waals surface area contributed by atoms with Crippen LogP contribution in [0.5, 0.6) is 0 Å². The van der Waals surface area contributed by atoms with Crippen molar-refractivity contribution in [2.24, 2.45) is 0 Å². The zero-order chi connectivity index (χ0) is 17.1. The summed E-state index contributed by atoms with van der Waals surface area (Å²) in [6, 6.07) is 10.5. The molecule has 1 fully saturated rings. The molecule has 4 rings (SSSR count). The van der Waals surface area contributed by atoms with Crippen LogP contribution in [-0.2, 0) is 4.74 Å². The van der Waals surface area contributed by atoms with Crippen LogP contribution in [0.2, 0.25) is 0 Å². The largest absolute Gasteiger partial charge is 0.380 e. The fourth-order valence-electron chi connectivity index (χ4n) is 3.39. The summed E-state index contributed by atoms with van der Waals surface area (Å²) >= 11 is 0. The van der Waals surface area contributed by atoms with E-state index in [4.69, 9.17) is 4.74 Å². The summed E-state index contributed by atoms with van der Waals surface area (Å²) in [5.41, 5.74) is 1.98. The van der Waals surface area contributed by atoms with Gasteiger partial charge in [0.05, 0.1) is 18.3 Å². The number of likely N-dealkylation sites (tertiary alicyclic amines) is 1. The van der Waals surface area contributed by atoms with Crippen LogP contribution in [0.4, 0.5) is 0 Å². The maximum atomic E-state index is 5.61. The normalized spacial score (nSPS) is 21.5. The average molecular weight is 335 g/mol. The highest BCUT2D eigenvalue weighted by atomic mass is 16.5. The number of hydrogen-bond donors (Lipinski definition) is 0. The second-order valence-electron chi connectivity index (χ2n) is 6.24. The summed E-state index contributed by atoms with van der Waals surface area (Å²) < 4.78 is 7.63. The van der Waals surface area contributed by atoms with E-state index in [9.17, 15) is 0 Å². The van der Waals surface area contributed by atoms with Crippen molar-refractivity contribution in [2.45, 2.75) is 18.6 Å². The summed E-state index contributed by atoms with van der Waals surface area (Å²) in [6.07, 6.45) is 10.9. The van der Waals surface area contributed by atoms with E-state index < -0.39 is 0 Å². The van der Waals surface area contributed by atoms with Crippen molar-refractivity contribution in [3.63, 3.8) is 0 Å². The van der Waals surface area contributed by atoms with E-state index >= 15 is 0 Å². The third-order valence-electron chi connectivity index (χ3n) is 4.69. The third kappa shape index (κ3) is 3.31. The molecule has 128 valence electrons. The number of benzene rings is 1. The quantitative estimate of drug-likeness (QED) is 0.717. The molecular formula is C19H21N5O. The van der Waals surface area contributed by atoms with Gasteiger partial charge in [-0.15, -0.1) is 10.2 Å². The molecule has 0 radical (unpaired) electrons. The Bertz CT molecular complexity index is 860. The number of methoxy groups -OCH3 is 1. The molecule has 6 nitrogen and oxygen atoms in total. The van der Waals surface area contributed by atoms with E-state index in [-0.39, 0.29) is 12.1 Å². The van der Waals surface area contributed by atoms with E-state index in [2.05, 4.69) is 56.5 Å². The summed E-state index contributed by atoms with van der Waals surface area (Å²) in [6.45, 7) is 1.74. The zero-order valence-electron chi connectivity index (χ0n) is 14.2. The second-order valence-corrected chi connectivity index (χ2v) is 6.24. The predicted molar refractivity (Wildman–Crippen MR) is 96.0 cm³/mol. The van der Waals surface area contributed by atoms with Crippen LogP contribution in [0, 0.1) is 0 Å². The van der Waals surface area contributed by atoms with Gasteiger partial charge in [0, 0.05) is 32.6 Å². The van der Waals surface area contributed by atoms with Crippen molar-refractivity contribution in [3.8, 4) is 0 Å². The van der Waals surface area contributed by atoms with Crippen molar-refractivity contribution >= 4 is 11.7 Å². The van der Waals surface area contributed by atoms with Gasteiger partial charge in [0.25, 0.3) is 0 Å². The topological polar surface area (TPSA) is 55.6 Å². The molecule has 3 aromatic rings. The van der Waals surface area contributed by atoms with Crippen LogP contribution < -0.4 is 0 Å². The Kier molecular flexibility index (Phi) is 4.54. The molecule has 3 heterocycles. The Morgan fingerprint density at radius 3 is 2.96 bits per heavy atom. The molecule has 1 aromatic carbocycles. The molecule has 1 saturated heterocycles. The first-order valence-electron chi connectivity index (χ1n) is 8.48. The van der Waals surface area contributed by atoms with Gasteiger partial charge in [0.2, 0.25) is 0 Å². The van der Waals surface area contributed by atoms with E-state index in [1.165, 1.54) is 5.56 Å². The zero-order valence-corrected chi connectivity index (χ0v) is 14.2. The minimum atomic E-state index is 0.183. The Hall–Kier alpha value is -2.57. The SMILES string of the molecule is CO[C@@H]1C[C@@H](c2nnc3cnccn23)N(C/C=C/c2ccccc2)C1. The molecule has 0 spiro atoms. The lowest BCUT2D eigenvalue weighted by Gasteiger charge is -2.21. The maximum absolute atomic E-state index is 5.61. The molecule has 0 amide bonds. The van der Waals surface area contributed by atoms with E-state index in [1.807, 2.05) is 16.7 Å². The molecule has 2 atom stereocenters. The highest BCUT2D eigenvalue weighted by Gasteiger charge is 2.35. The third-order valence-corrected chi connectivity index (χ3v) is 4.69. The minimum Gasteiger partial charge on any atom is -0.380 e. The molecule has 1 aliphatic rings. The van der Waals surface area contributed by atoms with E-state index in [1.54, 1.807) is 19.5 Å². The molecule has 25 heavy (non-hydrogen) atoms. The fourth-order valence-corrected chi connectivity index (χ4v) is 3.39. The molecule has 6 heteroatoms. The van der Waals surface area contributed by atoms with Gasteiger partial charge in [-0.25, -0.2) is 0 Å². The highest BCUT2D eigenvalue weighted by Crippen LogP contribution is 2.32. The number of ether oxygens (including phenoxy) is 1. The predicted octanol–water partition coefficient (Wildman–Crippen LogP) is 2.60. The molecule has 0 saturated carbocycles. The molecule has 0 bridgehead atoms. The molecule has 0 aliphatic carbocycles. The number of hydrogen-bond acceptors (Lipinski definition) is 5. The van der Waals surface area contributed by atoms with Gasteiger partial charge in [0.15, 0.2) is 11.5 Å². The van der Waals surface area contributed by atoms with Gasteiger partial charge in [-0.05, 0) is 12.0 Å². The van der Waals surface area contributed by atoms with Crippen LogP contribution in [-0.4, -0.2) is 50.8 Å². The molecule has 1 aliphatic heterocycles. The van der Waals surface area contributed by atoms with Crippen LogP contribution in [0.15, 0.2) is 55.0 Å². The Morgan fingerprint density at radius 1 is 1.24 bits per heavy atom. The van der Waals surface area contributed by atoms with Crippen molar-refractivity contribution in [1.82, 2.24) is 24.5 Å². The smallest absolute Gasteiger partial charge is 0.179 e. The first-order chi connectivity index (χ1) is 12.3. The minimum absolute atomic E-state index is 0.183. The number of aromatic nitrogens is 4. The monoisotopic (exact) mass is 335 g/mol. The van der Waals surface area contributed by atoms with E-state index in [0.717, 1.165) is 31.0 Å². The van der Waals surface area contributed by atoms with Crippen LogP contribution in [0.1, 0.15) is 23.9 Å². The lowest BCUT2D eigenvalue weighted by Crippen LogP contribution is -2.26. The Balaban J connectivity index is 1.56. The first-order valence-corrected chi connectivity index (χ1v) is 8.48. The molecular weight excluding hydrogens is 314 g/mol. The van der Waals surface area contributed by atoms with E-state index in [0.29, 0.717) is 0 Å². The summed E-state index contributed by atoms with van der Waals surface area (Å²) in [4.78, 5) is 6.51. The fraction of sp³-hybridized carbons (Fsp3) is 0.316. The lowest BCUT2D eigenvalue weighted by molar-refractivity contribution is 0.109. The average Bonchev–Trinajstić information content (AvgIpc) is 3.26. The molecule has 0 unspecified atom stereocenters. The van der Waals surface area contributed by atoms with Crippen LogP contribution in [0.3, 0.4) is 0 Å². The second kappa shape index (κ2) is 7.13. The van der Waals surface area contributed by atoms with Crippen molar-refractivity contribution in [1.29, 1.82) is 0 Å². The van der Waals surface area contributed by atoms with Gasteiger partial charge >= 0.3 is 0 Å². The van der Waals surface area contributed by atoms with Gasteiger partial charge in [-0.3, -0.25) is 14.3 Å². The highest BCUT2D eigenvalue weighted by molar-refractivity contribution is 5.48. The number of nitrogens with zero attached hydrogens (tertiary/aromatic N) is 5. The maximum Gasteiger partial charge on any atom is 0.179 e. The van der Waals surface area contributed by atoms with Crippen LogP contribution >= 0.6 is 0 Å². The van der Waals surface area contributed by atoms with Crippen molar-refractivity contribution in [3.05, 3.63) is 66.4 Å². The molecule has 0 N–H and O–H groups in total. The lowest BCUT2D eigenvalue weighted by atomic mass is 10.2. The Morgan fingerprint density at radius 2 is 2.12 bits per heavy atom. The van der Waals surface area contributed by atoms with Gasteiger partial charge < -0.3 is 4.74 Å². The van der Waals surface area contributed by atoms with Crippen LogP contribution in [0.25, 0.3) is 11.7 Å². The van der Waals surface area contributed by atoms with Gasteiger partial charge in [-0.2, -0.15) is 0 Å². The molecule has 2 aromatic heterocycles. The standard InChI is InChI=1S/C19H21N5O/c1-25-16-12-17(19-22-21-18-13-20-9-11-24(18)19)23(14-16)10-5-8-15-6-3-2-4-7-15/h2-9,11,13,16-17H,10,12,14H2,1H3/b8-5+/t16-,17+/m1/s1. The first kappa shape index (κ1) is 15.9. The summed E-state index contributed by atoms with van der Waals surface area (Å²) in [7, 11) is 1.77. The van der Waals surface area contributed by atoms with Crippen molar-refractivity contribution < 1.29 is 4.74 Å². The Labute approximate surface area is 146 Å². The number of rotatable bonds is 5.